The summed E-state index contributed by atoms with van der Waals surface area (Å²) in [5.41, 5.74) is 0. The van der Waals surface area contributed by atoms with Gasteiger partial charge in [-0.15, -0.1) is 11.3 Å². The van der Waals surface area contributed by atoms with E-state index < -0.39 is 9.80 Å². The van der Waals surface area contributed by atoms with E-state index in [1.807, 2.05) is 0 Å². The van der Waals surface area contributed by atoms with E-state index in [9.17, 15) is 0 Å². The lowest BCUT2D eigenvalue weighted by atomic mass is 11.0. The molecule has 0 spiro atoms. The minimum atomic E-state index is -3.14. The topological polar surface area (TPSA) is 53.4 Å². The van der Waals surface area contributed by atoms with Crippen LogP contribution in [-0.2, 0) is 0 Å². The van der Waals surface area contributed by atoms with Gasteiger partial charge in [-0.25, -0.2) is 4.98 Å². The highest BCUT2D eigenvalue weighted by Crippen LogP contribution is 2.52. The van der Waals surface area contributed by atoms with Gasteiger partial charge in [-0.3, -0.25) is 9.11 Å². The van der Waals surface area contributed by atoms with Gasteiger partial charge < -0.3 is 0 Å². The van der Waals surface area contributed by atoms with Crippen LogP contribution in [0.2, 0.25) is 0 Å². The number of thiazole rings is 1. The molecule has 0 atom stereocenters. The molecule has 0 saturated carbocycles. The Hall–Kier alpha value is 0.670. The van der Waals surface area contributed by atoms with E-state index in [0.29, 0.717) is 3.92 Å². The third kappa shape index (κ3) is 2.08. The number of hydrogen-bond acceptors (Lipinski definition) is 4. The van der Waals surface area contributed by atoms with Gasteiger partial charge in [0.25, 0.3) is 0 Å². The Morgan fingerprint density at radius 3 is 2.50 bits per heavy atom. The quantitative estimate of drug-likeness (QED) is 0.819. The molecule has 0 aliphatic heterocycles. The molecule has 1 aromatic rings. The van der Waals surface area contributed by atoms with Crippen LogP contribution in [0.1, 0.15) is 0 Å². The molecule has 0 unspecified atom stereocenters. The maximum Gasteiger partial charge on any atom is 0.175 e. The molecule has 1 rings (SSSR count). The van der Waals surface area contributed by atoms with Gasteiger partial charge in [-0.2, -0.15) is 0 Å². The molecule has 0 radical (unpaired) electrons. The molecule has 0 amide bonds. The third-order valence-corrected chi connectivity index (χ3v) is 3.45. The lowest BCUT2D eigenvalue weighted by Gasteiger charge is -2.18. The van der Waals surface area contributed by atoms with Crippen LogP contribution in [0, 0.1) is 0 Å². The van der Waals surface area contributed by atoms with Crippen LogP contribution in [-0.4, -0.2) is 14.1 Å². The van der Waals surface area contributed by atoms with E-state index in [0.717, 1.165) is 0 Å². The summed E-state index contributed by atoms with van der Waals surface area (Å²) in [7, 11) is 2.05. The Kier molecular flexibility index (Phi) is 2.59. The summed E-state index contributed by atoms with van der Waals surface area (Å²) in [6.45, 7) is 0. The predicted molar refractivity (Wildman–Crippen MR) is 46.8 cm³/mol. The van der Waals surface area contributed by atoms with Crippen LogP contribution in [0.25, 0.3) is 0 Å². The number of hydrogen-bond donors (Lipinski definition) is 2. The van der Waals surface area contributed by atoms with Gasteiger partial charge in [0.1, 0.15) is 0 Å². The number of aromatic nitrogens is 1. The largest absolute Gasteiger partial charge is 0.280 e. The average Bonchev–Trinajstić information content (AvgIpc) is 2.11. The highest BCUT2D eigenvalue weighted by Gasteiger charge is 2.14. The number of rotatable bonds is 1. The molecular formula is C3H3BrClNO2S2. The van der Waals surface area contributed by atoms with Gasteiger partial charge in [0.2, 0.25) is 0 Å². The molecule has 1 aromatic heterocycles. The monoisotopic (exact) mass is 263 g/mol. The van der Waals surface area contributed by atoms with Crippen LogP contribution in [0.3, 0.4) is 0 Å². The Labute approximate surface area is 76.0 Å². The van der Waals surface area contributed by atoms with E-state index in [1.165, 1.54) is 16.7 Å². The zero-order chi connectivity index (χ0) is 7.78. The normalized spacial score (nSPS) is 13.6. The number of nitrogens with zero attached hydrogens (tertiary/aromatic N) is 1. The fourth-order valence-electron chi connectivity index (χ4n) is 0.358. The van der Waals surface area contributed by atoms with Crippen molar-refractivity contribution in [2.45, 2.75) is 5.03 Å². The summed E-state index contributed by atoms with van der Waals surface area (Å²) < 4.78 is 18.2. The highest BCUT2D eigenvalue weighted by molar-refractivity contribution is 9.11. The second kappa shape index (κ2) is 2.96. The molecule has 0 aromatic carbocycles. The summed E-state index contributed by atoms with van der Waals surface area (Å²) >= 11 is 4.32. The van der Waals surface area contributed by atoms with Crippen LogP contribution >= 0.6 is 47.8 Å². The smallest absolute Gasteiger partial charge is 0.175 e. The average molecular weight is 265 g/mol. The lowest BCUT2D eigenvalue weighted by Crippen LogP contribution is -1.87. The van der Waals surface area contributed by atoms with Gasteiger partial charge in [0.05, 0.1) is 0 Å². The Balaban J connectivity index is 2.96. The van der Waals surface area contributed by atoms with Crippen LogP contribution in [0.4, 0.5) is 0 Å². The van der Waals surface area contributed by atoms with Crippen molar-refractivity contribution >= 4 is 47.8 Å². The first-order valence-electron chi connectivity index (χ1n) is 2.09. The first kappa shape index (κ1) is 8.76. The maximum atomic E-state index is 8.83. The summed E-state index contributed by atoms with van der Waals surface area (Å²) in [4.78, 5) is 3.72. The predicted octanol–water partition coefficient (Wildman–Crippen LogP) is 3.17. The van der Waals surface area contributed by atoms with Gasteiger partial charge in [0, 0.05) is 16.1 Å². The Bertz CT molecular complexity index is 235. The van der Waals surface area contributed by atoms with E-state index in [1.54, 1.807) is 0 Å². The summed E-state index contributed by atoms with van der Waals surface area (Å²) in [6, 6.07) is 0. The molecular weight excluding hydrogens is 262 g/mol. The summed E-state index contributed by atoms with van der Waals surface area (Å²) in [6.07, 6.45) is 0. The van der Waals surface area contributed by atoms with E-state index in [2.05, 4.69) is 20.9 Å². The fraction of sp³-hybridized carbons (Fsp3) is 0. The van der Waals surface area contributed by atoms with Crippen molar-refractivity contribution in [1.29, 1.82) is 0 Å². The van der Waals surface area contributed by atoms with E-state index >= 15 is 0 Å². The maximum absolute atomic E-state index is 8.83. The van der Waals surface area contributed by atoms with Crippen molar-refractivity contribution in [3.8, 4) is 0 Å². The SMILES string of the molecule is OS(O)(Cl)c1csc(Br)n1. The molecule has 0 aliphatic carbocycles. The Morgan fingerprint density at radius 1 is 1.70 bits per heavy atom. The number of halogens is 2. The van der Waals surface area contributed by atoms with E-state index in [4.69, 9.17) is 19.8 Å². The second-order valence-electron chi connectivity index (χ2n) is 1.42. The van der Waals surface area contributed by atoms with Crippen molar-refractivity contribution in [1.82, 2.24) is 4.98 Å². The minimum Gasteiger partial charge on any atom is -0.280 e. The highest BCUT2D eigenvalue weighted by atomic mass is 79.9. The first-order chi connectivity index (χ1) is 4.50. The molecule has 0 fully saturated rings. The molecule has 0 bridgehead atoms. The molecule has 0 aliphatic rings. The van der Waals surface area contributed by atoms with Crippen molar-refractivity contribution in [2.75, 3.05) is 0 Å². The van der Waals surface area contributed by atoms with Crippen molar-refractivity contribution in [2.24, 2.45) is 0 Å². The van der Waals surface area contributed by atoms with E-state index in [-0.39, 0.29) is 5.03 Å². The van der Waals surface area contributed by atoms with Crippen LogP contribution < -0.4 is 0 Å². The minimum absolute atomic E-state index is 0.117. The van der Waals surface area contributed by atoms with Crippen LogP contribution in [0.5, 0.6) is 0 Å². The summed E-state index contributed by atoms with van der Waals surface area (Å²) in [5.74, 6) is 0. The molecule has 3 nitrogen and oxygen atoms in total. The molecule has 2 N–H and O–H groups in total. The third-order valence-electron chi connectivity index (χ3n) is 0.721. The van der Waals surface area contributed by atoms with Crippen LogP contribution in [0.15, 0.2) is 14.3 Å². The standard InChI is InChI=1S/C3H3BrClNO2S2/c4-3-6-2(1-9-3)10(5,7)8/h1,7-8H. The lowest BCUT2D eigenvalue weighted by molar-refractivity contribution is 0.504. The molecule has 10 heavy (non-hydrogen) atoms. The van der Waals surface area contributed by atoms with Crippen molar-refractivity contribution < 1.29 is 9.11 Å². The second-order valence-corrected chi connectivity index (χ2v) is 6.22. The Morgan fingerprint density at radius 2 is 2.30 bits per heavy atom. The molecule has 0 saturated heterocycles. The van der Waals surface area contributed by atoms with Gasteiger partial charge in [-0.05, 0) is 15.9 Å². The van der Waals surface area contributed by atoms with Gasteiger partial charge in [-0.1, -0.05) is 9.80 Å². The van der Waals surface area contributed by atoms with Gasteiger partial charge in [0.15, 0.2) is 8.94 Å². The zero-order valence-electron chi connectivity index (χ0n) is 4.49. The fourth-order valence-corrected chi connectivity index (χ4v) is 2.68. The molecule has 58 valence electrons. The molecule has 1 heterocycles. The zero-order valence-corrected chi connectivity index (χ0v) is 8.47. The van der Waals surface area contributed by atoms with Gasteiger partial charge >= 0.3 is 0 Å². The van der Waals surface area contributed by atoms with Crippen molar-refractivity contribution in [3.05, 3.63) is 9.30 Å². The molecule has 7 heteroatoms. The summed E-state index contributed by atoms with van der Waals surface area (Å²) in [5, 5.41) is 1.61. The first-order valence-corrected chi connectivity index (χ1v) is 6.13. The van der Waals surface area contributed by atoms with Crippen molar-refractivity contribution in [3.63, 3.8) is 0 Å².